The van der Waals surface area contributed by atoms with Gasteiger partial charge in [0.2, 0.25) is 0 Å². The minimum atomic E-state index is 0.624. The molecule has 0 radical (unpaired) electrons. The Morgan fingerprint density at radius 1 is 0.477 bits per heavy atom. The molecule has 0 aliphatic carbocycles. The molecule has 0 heterocycles. The van der Waals surface area contributed by atoms with E-state index >= 15 is 0 Å². The van der Waals surface area contributed by atoms with Gasteiger partial charge in [0.25, 0.3) is 0 Å². The summed E-state index contributed by atoms with van der Waals surface area (Å²) in [5, 5.41) is 0. The normalized spacial score (nSPS) is 11.8. The molecule has 0 amide bonds. The monoisotopic (exact) mass is 630 g/mol. The molecule has 0 N–H and O–H groups in total. The van der Waals surface area contributed by atoms with Crippen molar-refractivity contribution in [3.63, 3.8) is 0 Å². The minimum Gasteiger partial charge on any atom is -0.233 e. The van der Waals surface area contributed by atoms with Crippen LogP contribution in [0.4, 0.5) is 0 Å². The minimum absolute atomic E-state index is 0.624. The molecule has 2 nitrogen and oxygen atoms in total. The van der Waals surface area contributed by atoms with Crippen LogP contribution < -0.4 is 0 Å². The third-order valence-corrected chi connectivity index (χ3v) is 8.23. The first-order valence-electron chi connectivity index (χ1n) is 14.6. The van der Waals surface area contributed by atoms with Gasteiger partial charge in [0, 0.05) is 21.3 Å². The molecule has 44 heavy (non-hydrogen) atoms. The second-order valence-corrected chi connectivity index (χ2v) is 11.4. The number of benzene rings is 6. The summed E-state index contributed by atoms with van der Waals surface area (Å²) in [6.45, 7) is 6.41. The second kappa shape index (κ2) is 13.5. The van der Waals surface area contributed by atoms with E-state index < -0.39 is 0 Å². The number of amidine groups is 1. The van der Waals surface area contributed by atoms with Gasteiger partial charge in [-0.3, -0.25) is 0 Å². The molecule has 6 aromatic rings. The lowest BCUT2D eigenvalue weighted by Gasteiger charge is -2.16. The number of hydrogen-bond donors (Lipinski definition) is 0. The molecular weight excluding hydrogens is 600 g/mol. The summed E-state index contributed by atoms with van der Waals surface area (Å²) in [7, 11) is 0. The third-order valence-electron chi connectivity index (χ3n) is 7.54. The quantitative estimate of drug-likeness (QED) is 0.124. The summed E-state index contributed by atoms with van der Waals surface area (Å²) < 4.78 is 1.00. The first-order valence-corrected chi connectivity index (χ1v) is 15.3. The molecular formula is C41H31BrN2. The van der Waals surface area contributed by atoms with Gasteiger partial charge in [-0.05, 0) is 64.1 Å². The van der Waals surface area contributed by atoms with Crippen LogP contribution in [-0.4, -0.2) is 11.5 Å². The van der Waals surface area contributed by atoms with Crippen molar-refractivity contribution in [3.05, 3.63) is 185 Å². The van der Waals surface area contributed by atoms with Gasteiger partial charge >= 0.3 is 0 Å². The topological polar surface area (TPSA) is 24.7 Å². The fourth-order valence-electron chi connectivity index (χ4n) is 5.19. The summed E-state index contributed by atoms with van der Waals surface area (Å²) in [5.74, 6) is 0.624. The maximum Gasteiger partial charge on any atom is 0.160 e. The molecule has 0 atom stereocenters. The van der Waals surface area contributed by atoms with Gasteiger partial charge in [0.1, 0.15) is 0 Å². The van der Waals surface area contributed by atoms with Crippen LogP contribution in [0.2, 0.25) is 0 Å². The van der Waals surface area contributed by atoms with Crippen molar-refractivity contribution in [2.75, 3.05) is 0 Å². The van der Waals surface area contributed by atoms with E-state index in [1.165, 1.54) is 11.1 Å². The number of rotatable bonds is 7. The molecule has 0 aromatic heterocycles. The Bertz CT molecular complexity index is 1960. The first-order chi connectivity index (χ1) is 21.6. The fraction of sp³-hybridized carbons (Fsp3) is 0.0244. The van der Waals surface area contributed by atoms with Gasteiger partial charge < -0.3 is 0 Å². The summed E-state index contributed by atoms with van der Waals surface area (Å²) in [6, 6.07) is 54.2. The van der Waals surface area contributed by atoms with Crippen LogP contribution >= 0.6 is 15.9 Å². The van der Waals surface area contributed by atoms with E-state index in [0.29, 0.717) is 11.5 Å². The van der Waals surface area contributed by atoms with E-state index in [1.54, 1.807) is 0 Å². The third kappa shape index (κ3) is 6.59. The highest BCUT2D eigenvalue weighted by Gasteiger charge is 2.14. The lowest BCUT2D eigenvalue weighted by atomic mass is 9.90. The van der Waals surface area contributed by atoms with Crippen LogP contribution in [0.1, 0.15) is 23.6 Å². The van der Waals surface area contributed by atoms with Crippen molar-refractivity contribution in [1.82, 2.24) is 0 Å². The summed E-state index contributed by atoms with van der Waals surface area (Å²) >= 11 is 3.85. The molecule has 212 valence electrons. The Morgan fingerprint density at radius 3 is 1.68 bits per heavy atom. The van der Waals surface area contributed by atoms with Crippen molar-refractivity contribution in [3.8, 4) is 33.4 Å². The van der Waals surface area contributed by atoms with Crippen molar-refractivity contribution in [2.45, 2.75) is 6.92 Å². The molecule has 0 aliphatic rings. The molecule has 0 unspecified atom stereocenters. The predicted molar refractivity (Wildman–Crippen MR) is 191 cm³/mol. The van der Waals surface area contributed by atoms with E-state index in [9.17, 15) is 0 Å². The van der Waals surface area contributed by atoms with Crippen LogP contribution in [-0.2, 0) is 0 Å². The number of aliphatic imine (C=N–C) groups is 2. The van der Waals surface area contributed by atoms with Crippen LogP contribution in [0.25, 0.3) is 39.1 Å². The lowest BCUT2D eigenvalue weighted by molar-refractivity contribution is 1.43. The average molecular weight is 632 g/mol. The number of halogens is 1. The Hall–Kier alpha value is -5.12. The van der Waals surface area contributed by atoms with Crippen molar-refractivity contribution in [2.24, 2.45) is 9.98 Å². The van der Waals surface area contributed by atoms with Gasteiger partial charge in [-0.1, -0.05) is 162 Å². The predicted octanol–water partition coefficient (Wildman–Crippen LogP) is 11.4. The maximum absolute atomic E-state index is 5.00. The lowest BCUT2D eigenvalue weighted by Crippen LogP contribution is -2.04. The zero-order chi connectivity index (χ0) is 30.3. The van der Waals surface area contributed by atoms with Gasteiger partial charge in [0.05, 0.1) is 5.70 Å². The zero-order valence-corrected chi connectivity index (χ0v) is 26.1. The van der Waals surface area contributed by atoms with E-state index in [0.717, 1.165) is 49.1 Å². The van der Waals surface area contributed by atoms with E-state index in [2.05, 4.69) is 126 Å². The zero-order valence-electron chi connectivity index (χ0n) is 24.5. The van der Waals surface area contributed by atoms with Crippen molar-refractivity contribution in [1.29, 1.82) is 0 Å². The van der Waals surface area contributed by atoms with E-state index in [4.69, 9.17) is 9.98 Å². The van der Waals surface area contributed by atoms with Crippen LogP contribution in [0.5, 0.6) is 0 Å². The van der Waals surface area contributed by atoms with Gasteiger partial charge in [-0.2, -0.15) is 0 Å². The molecule has 6 aromatic carbocycles. The Kier molecular flexibility index (Phi) is 8.86. The molecule has 0 saturated heterocycles. The fourth-order valence-corrected chi connectivity index (χ4v) is 5.65. The average Bonchev–Trinajstić information content (AvgIpc) is 3.09. The van der Waals surface area contributed by atoms with Crippen LogP contribution in [0, 0.1) is 0 Å². The van der Waals surface area contributed by atoms with Crippen LogP contribution in [0.3, 0.4) is 0 Å². The Labute approximate surface area is 268 Å². The van der Waals surface area contributed by atoms with Crippen LogP contribution in [0.15, 0.2) is 179 Å². The molecule has 0 fully saturated rings. The van der Waals surface area contributed by atoms with Gasteiger partial charge in [-0.25, -0.2) is 9.98 Å². The summed E-state index contributed by atoms with van der Waals surface area (Å²) in [4.78, 5) is 9.97. The molecule has 0 aliphatic heterocycles. The van der Waals surface area contributed by atoms with Gasteiger partial charge in [0.15, 0.2) is 5.84 Å². The SMILES string of the molecule is C=C(N=C(N=C(C)c1ccccc1)c1ccccc1)c1ccc(Br)c(-c2ccc(-c3ccccc3)cc2-c2ccccc2)c1. The highest BCUT2D eigenvalue weighted by atomic mass is 79.9. The molecule has 0 saturated carbocycles. The second-order valence-electron chi connectivity index (χ2n) is 10.5. The van der Waals surface area contributed by atoms with Crippen molar-refractivity contribution < 1.29 is 0 Å². The number of hydrogen-bond acceptors (Lipinski definition) is 1. The van der Waals surface area contributed by atoms with Gasteiger partial charge in [-0.15, -0.1) is 0 Å². The Balaban J connectivity index is 1.44. The number of nitrogens with zero attached hydrogens (tertiary/aromatic N) is 2. The molecule has 6 rings (SSSR count). The summed E-state index contributed by atoms with van der Waals surface area (Å²) in [6.07, 6.45) is 0. The molecule has 0 spiro atoms. The largest absolute Gasteiger partial charge is 0.233 e. The molecule has 0 bridgehead atoms. The molecule has 3 heteroatoms. The van der Waals surface area contributed by atoms with Crippen molar-refractivity contribution >= 4 is 33.2 Å². The van der Waals surface area contributed by atoms with E-state index in [1.807, 2.05) is 61.5 Å². The summed E-state index contributed by atoms with van der Waals surface area (Å²) in [5.41, 5.74) is 11.3. The maximum atomic E-state index is 5.00. The smallest absolute Gasteiger partial charge is 0.160 e. The Morgan fingerprint density at radius 2 is 1.05 bits per heavy atom. The highest BCUT2D eigenvalue weighted by Crippen LogP contribution is 2.40. The highest BCUT2D eigenvalue weighted by molar-refractivity contribution is 9.10. The first kappa shape index (κ1) is 29.0. The standard InChI is InChI=1S/C41H31BrN2/c1-29(31-15-7-3-8-16-31)43-41(34-21-13-6-14-22-34)44-30(2)35-24-26-40(42)39(27-35)37-25-23-36(32-17-9-4-10-18-32)28-38(37)33-19-11-5-12-20-33/h3-28H,2H2,1H3. The van der Waals surface area contributed by atoms with E-state index in [-0.39, 0.29) is 0 Å².